The van der Waals surface area contributed by atoms with Gasteiger partial charge in [-0.25, -0.2) is 9.78 Å². The molecule has 4 aromatic rings. The lowest BCUT2D eigenvalue weighted by atomic mass is 9.95. The number of carboxylic acids is 1. The van der Waals surface area contributed by atoms with E-state index >= 15 is 0 Å². The van der Waals surface area contributed by atoms with Crippen LogP contribution in [0.25, 0.3) is 27.8 Å². The van der Waals surface area contributed by atoms with Crippen molar-refractivity contribution < 1.29 is 9.90 Å². The van der Waals surface area contributed by atoms with Crippen LogP contribution in [0.1, 0.15) is 40.7 Å². The van der Waals surface area contributed by atoms with Crippen molar-refractivity contribution in [3.8, 4) is 16.8 Å². The second-order valence-electron chi connectivity index (χ2n) is 8.74. The van der Waals surface area contributed by atoms with E-state index in [0.717, 1.165) is 76.6 Å². The minimum absolute atomic E-state index is 0.302. The predicted molar refractivity (Wildman–Crippen MR) is 136 cm³/mol. The van der Waals surface area contributed by atoms with E-state index in [1.54, 1.807) is 12.1 Å². The van der Waals surface area contributed by atoms with Gasteiger partial charge in [-0.2, -0.15) is 0 Å². The molecule has 0 fully saturated rings. The molecule has 0 spiro atoms. The molecule has 0 atom stereocenters. The molecule has 3 aromatic carbocycles. The molecule has 0 aliphatic carbocycles. The van der Waals surface area contributed by atoms with Gasteiger partial charge in [0.05, 0.1) is 28.8 Å². The summed E-state index contributed by atoms with van der Waals surface area (Å²) in [6.07, 6.45) is 1.83. The number of aromatic carboxylic acids is 1. The van der Waals surface area contributed by atoms with Crippen LogP contribution in [0.2, 0.25) is 0 Å². The highest BCUT2D eigenvalue weighted by molar-refractivity contribution is 6.02. The van der Waals surface area contributed by atoms with E-state index < -0.39 is 5.97 Å². The van der Waals surface area contributed by atoms with Gasteiger partial charge in [-0.3, -0.25) is 9.56 Å². The van der Waals surface area contributed by atoms with Crippen molar-refractivity contribution in [1.29, 1.82) is 0 Å². The minimum atomic E-state index is -0.925. The van der Waals surface area contributed by atoms with Crippen molar-refractivity contribution in [2.24, 2.45) is 4.99 Å². The van der Waals surface area contributed by atoms with Crippen LogP contribution in [0.4, 0.5) is 0 Å². The number of rotatable bonds is 6. The van der Waals surface area contributed by atoms with Gasteiger partial charge in [0.15, 0.2) is 0 Å². The standard InChI is InChI=1S/C28H28N4O2/c1-4-8-26-30-23-14-13-19(27-29-15-16-31(27)3)17-25(23)32(26)24-12-7-11-20(18(24)2)21-9-5-6-10-22(21)28(33)34/h5-7,9-14,17H,4,8,15-16H2,1-3H3,(H,33,34). The molecule has 0 saturated carbocycles. The topological polar surface area (TPSA) is 70.7 Å². The Morgan fingerprint density at radius 2 is 1.85 bits per heavy atom. The summed E-state index contributed by atoms with van der Waals surface area (Å²) in [6, 6.07) is 19.6. The average molecular weight is 453 g/mol. The molecule has 1 aromatic heterocycles. The fourth-order valence-electron chi connectivity index (χ4n) is 4.83. The summed E-state index contributed by atoms with van der Waals surface area (Å²) in [6.45, 7) is 5.96. The van der Waals surface area contributed by atoms with E-state index in [0.29, 0.717) is 5.56 Å². The lowest BCUT2D eigenvalue weighted by Gasteiger charge is -2.17. The highest BCUT2D eigenvalue weighted by Crippen LogP contribution is 2.33. The Kier molecular flexibility index (Phi) is 5.65. The molecule has 1 N–H and O–H groups in total. The summed E-state index contributed by atoms with van der Waals surface area (Å²) in [4.78, 5) is 23.7. The molecule has 0 saturated heterocycles. The average Bonchev–Trinajstić information content (AvgIpc) is 3.42. The first-order valence-corrected chi connectivity index (χ1v) is 11.7. The van der Waals surface area contributed by atoms with Gasteiger partial charge in [0.2, 0.25) is 0 Å². The Bertz CT molecular complexity index is 1430. The van der Waals surface area contributed by atoms with Gasteiger partial charge in [0.1, 0.15) is 11.7 Å². The fourth-order valence-corrected chi connectivity index (χ4v) is 4.83. The third-order valence-electron chi connectivity index (χ3n) is 6.51. The second-order valence-corrected chi connectivity index (χ2v) is 8.74. The Labute approximate surface area is 199 Å². The van der Waals surface area contributed by atoms with E-state index in [1.165, 1.54) is 0 Å². The van der Waals surface area contributed by atoms with Gasteiger partial charge in [-0.05, 0) is 60.4 Å². The number of aromatic nitrogens is 2. The van der Waals surface area contributed by atoms with Gasteiger partial charge in [0.25, 0.3) is 0 Å². The summed E-state index contributed by atoms with van der Waals surface area (Å²) in [7, 11) is 2.07. The van der Waals surface area contributed by atoms with Crippen molar-refractivity contribution in [3.05, 3.63) is 83.2 Å². The predicted octanol–water partition coefficient (Wildman–Crippen LogP) is 5.34. The number of aliphatic imine (C=N–C) groups is 1. The zero-order valence-corrected chi connectivity index (χ0v) is 19.7. The summed E-state index contributed by atoms with van der Waals surface area (Å²) in [5.41, 5.74) is 7.05. The third kappa shape index (κ3) is 3.65. The van der Waals surface area contributed by atoms with Crippen LogP contribution in [0.15, 0.2) is 65.7 Å². The molecule has 5 rings (SSSR count). The lowest BCUT2D eigenvalue weighted by Crippen LogP contribution is -2.23. The molecular weight excluding hydrogens is 424 g/mol. The van der Waals surface area contributed by atoms with Crippen molar-refractivity contribution in [1.82, 2.24) is 14.5 Å². The molecule has 0 bridgehead atoms. The molecule has 0 amide bonds. The SMILES string of the molecule is CCCc1nc2ccc(C3=NCCN3C)cc2n1-c1cccc(-c2ccccc2C(=O)O)c1C. The molecule has 172 valence electrons. The van der Waals surface area contributed by atoms with Crippen LogP contribution in [0.5, 0.6) is 0 Å². The molecule has 0 unspecified atom stereocenters. The molecule has 34 heavy (non-hydrogen) atoms. The van der Waals surface area contributed by atoms with E-state index in [2.05, 4.69) is 54.6 Å². The first-order valence-electron chi connectivity index (χ1n) is 11.7. The summed E-state index contributed by atoms with van der Waals surface area (Å²) in [5.74, 6) is 1.09. The number of likely N-dealkylation sites (N-methyl/N-ethyl adjacent to an activating group) is 1. The fraction of sp³-hybridized carbons (Fsp3) is 0.250. The summed E-state index contributed by atoms with van der Waals surface area (Å²) < 4.78 is 2.24. The normalized spacial score (nSPS) is 13.5. The van der Waals surface area contributed by atoms with Gasteiger partial charge >= 0.3 is 5.97 Å². The molecule has 0 radical (unpaired) electrons. The molecule has 1 aliphatic rings. The number of carbonyl (C=O) groups is 1. The number of aryl methyl sites for hydroxylation is 1. The van der Waals surface area contributed by atoms with E-state index in [-0.39, 0.29) is 0 Å². The van der Waals surface area contributed by atoms with Gasteiger partial charge < -0.3 is 10.0 Å². The smallest absolute Gasteiger partial charge is 0.336 e. The third-order valence-corrected chi connectivity index (χ3v) is 6.51. The van der Waals surface area contributed by atoms with Crippen LogP contribution in [0, 0.1) is 6.92 Å². The van der Waals surface area contributed by atoms with Crippen molar-refractivity contribution in [2.45, 2.75) is 26.7 Å². The summed E-state index contributed by atoms with van der Waals surface area (Å²) >= 11 is 0. The quantitative estimate of drug-likeness (QED) is 0.428. The Morgan fingerprint density at radius 3 is 2.59 bits per heavy atom. The molecule has 6 heteroatoms. The number of nitrogens with zero attached hydrogens (tertiary/aromatic N) is 4. The van der Waals surface area contributed by atoms with Crippen LogP contribution < -0.4 is 0 Å². The zero-order chi connectivity index (χ0) is 23.8. The van der Waals surface area contributed by atoms with Crippen LogP contribution in [-0.4, -0.2) is 51.5 Å². The maximum atomic E-state index is 11.9. The Hall–Kier alpha value is -3.93. The number of carboxylic acid groups (broad SMARTS) is 1. The Morgan fingerprint density at radius 1 is 1.06 bits per heavy atom. The van der Waals surface area contributed by atoms with Crippen LogP contribution in [0.3, 0.4) is 0 Å². The van der Waals surface area contributed by atoms with Crippen molar-refractivity contribution in [2.75, 3.05) is 20.1 Å². The molecular formula is C28H28N4O2. The monoisotopic (exact) mass is 452 g/mol. The number of fused-ring (bicyclic) bond motifs is 1. The van der Waals surface area contributed by atoms with Crippen LogP contribution in [-0.2, 0) is 6.42 Å². The highest BCUT2D eigenvalue weighted by atomic mass is 16.4. The van der Waals surface area contributed by atoms with Gasteiger partial charge in [-0.15, -0.1) is 0 Å². The second kappa shape index (κ2) is 8.78. The Balaban J connectivity index is 1.74. The maximum absolute atomic E-state index is 11.9. The van der Waals surface area contributed by atoms with E-state index in [4.69, 9.17) is 9.98 Å². The zero-order valence-electron chi connectivity index (χ0n) is 19.7. The highest BCUT2D eigenvalue weighted by Gasteiger charge is 2.20. The largest absolute Gasteiger partial charge is 0.478 e. The van der Waals surface area contributed by atoms with Crippen molar-refractivity contribution >= 4 is 22.8 Å². The van der Waals surface area contributed by atoms with Crippen LogP contribution >= 0.6 is 0 Å². The van der Waals surface area contributed by atoms with E-state index in [9.17, 15) is 9.90 Å². The summed E-state index contributed by atoms with van der Waals surface area (Å²) in [5, 5.41) is 9.75. The molecule has 6 nitrogen and oxygen atoms in total. The minimum Gasteiger partial charge on any atom is -0.478 e. The van der Waals surface area contributed by atoms with Crippen molar-refractivity contribution in [3.63, 3.8) is 0 Å². The number of hydrogen-bond donors (Lipinski definition) is 1. The first kappa shape index (κ1) is 21.9. The number of hydrogen-bond acceptors (Lipinski definition) is 4. The molecule has 2 heterocycles. The maximum Gasteiger partial charge on any atom is 0.336 e. The first-order chi connectivity index (χ1) is 16.5. The van der Waals surface area contributed by atoms with Gasteiger partial charge in [-0.1, -0.05) is 37.3 Å². The molecule has 1 aliphatic heterocycles. The lowest BCUT2D eigenvalue weighted by molar-refractivity contribution is 0.0697. The number of benzene rings is 3. The van der Waals surface area contributed by atoms with E-state index in [1.807, 2.05) is 24.3 Å². The number of imidazole rings is 1. The van der Waals surface area contributed by atoms with Gasteiger partial charge in [0, 0.05) is 25.6 Å². The number of amidine groups is 1.